The van der Waals surface area contributed by atoms with E-state index in [9.17, 15) is 14.4 Å². The molecule has 182 valence electrons. The molecule has 2 unspecified atom stereocenters. The summed E-state index contributed by atoms with van der Waals surface area (Å²) in [6, 6.07) is 0. The van der Waals surface area contributed by atoms with Gasteiger partial charge in [-0.25, -0.2) is 10.3 Å². The number of nitrogens with one attached hydrogen (secondary N) is 3. The lowest BCUT2D eigenvalue weighted by Gasteiger charge is -2.41. The summed E-state index contributed by atoms with van der Waals surface area (Å²) in [6.07, 6.45) is 11.6. The van der Waals surface area contributed by atoms with Crippen LogP contribution in [-0.4, -0.2) is 43.5 Å². The quantitative estimate of drug-likeness (QED) is 0.324. The van der Waals surface area contributed by atoms with Crippen molar-refractivity contribution in [3.05, 3.63) is 12.2 Å². The predicted molar refractivity (Wildman–Crippen MR) is 122 cm³/mol. The van der Waals surface area contributed by atoms with Crippen LogP contribution < -0.4 is 16.3 Å². The van der Waals surface area contributed by atoms with Gasteiger partial charge in [-0.1, -0.05) is 26.0 Å². The van der Waals surface area contributed by atoms with Gasteiger partial charge in [-0.15, -0.1) is 0 Å². The van der Waals surface area contributed by atoms with Crippen molar-refractivity contribution in [1.29, 1.82) is 0 Å². The van der Waals surface area contributed by atoms with Gasteiger partial charge in [0.15, 0.2) is 12.1 Å². The van der Waals surface area contributed by atoms with Crippen LogP contribution in [0.5, 0.6) is 0 Å². The van der Waals surface area contributed by atoms with Gasteiger partial charge in [-0.3, -0.25) is 25.2 Å². The SMILES string of the molecule is CC(=O)C(=O)NOC1OCC(=O)C([C@@H]2CCC/C=C\CCCNNCCC2)[C@@H]1CC(C)C. The van der Waals surface area contributed by atoms with Crippen molar-refractivity contribution in [3.63, 3.8) is 0 Å². The summed E-state index contributed by atoms with van der Waals surface area (Å²) < 4.78 is 5.69. The highest BCUT2D eigenvalue weighted by Gasteiger charge is 2.44. The van der Waals surface area contributed by atoms with Crippen LogP contribution in [0.15, 0.2) is 12.2 Å². The Kier molecular flexibility index (Phi) is 12.1. The molecule has 8 heteroatoms. The number of hydrogen-bond acceptors (Lipinski definition) is 7. The number of hydrazine groups is 1. The molecule has 1 saturated heterocycles. The molecule has 32 heavy (non-hydrogen) atoms. The van der Waals surface area contributed by atoms with E-state index in [0.29, 0.717) is 5.92 Å². The average molecular weight is 452 g/mol. The van der Waals surface area contributed by atoms with E-state index < -0.39 is 18.0 Å². The van der Waals surface area contributed by atoms with E-state index in [1.807, 2.05) is 0 Å². The molecule has 0 saturated carbocycles. The van der Waals surface area contributed by atoms with E-state index in [1.165, 1.54) is 6.92 Å². The molecule has 1 amide bonds. The lowest BCUT2D eigenvalue weighted by molar-refractivity contribution is -0.235. The Bertz CT molecular complexity index is 637. The highest BCUT2D eigenvalue weighted by atomic mass is 16.8. The number of ether oxygens (including phenoxy) is 1. The van der Waals surface area contributed by atoms with Crippen molar-refractivity contribution < 1.29 is 24.0 Å². The Morgan fingerprint density at radius 3 is 2.47 bits per heavy atom. The Labute approximate surface area is 192 Å². The number of ketones is 2. The number of rotatable bonds is 6. The fourth-order valence-electron chi connectivity index (χ4n) is 4.69. The first-order valence-electron chi connectivity index (χ1n) is 12.1. The summed E-state index contributed by atoms with van der Waals surface area (Å²) in [5.74, 6) is -1.13. The van der Waals surface area contributed by atoms with Gasteiger partial charge in [0.2, 0.25) is 5.78 Å². The van der Waals surface area contributed by atoms with Gasteiger partial charge in [0.25, 0.3) is 0 Å². The van der Waals surface area contributed by atoms with Gasteiger partial charge in [0.05, 0.1) is 0 Å². The smallest absolute Gasteiger partial charge is 0.310 e. The second-order valence-corrected chi connectivity index (χ2v) is 9.37. The first-order chi connectivity index (χ1) is 15.4. The van der Waals surface area contributed by atoms with Crippen molar-refractivity contribution in [3.8, 4) is 0 Å². The molecule has 1 fully saturated rings. The van der Waals surface area contributed by atoms with E-state index in [0.717, 1.165) is 64.5 Å². The monoisotopic (exact) mass is 451 g/mol. The first-order valence-corrected chi connectivity index (χ1v) is 12.1. The standard InChI is InChI=1S/C24H41N3O5/c1-17(2)15-20-22(21(29)16-31-24(20)32-27-23(30)18(3)28)19-11-8-6-4-5-7-9-13-25-26-14-10-12-19/h4-5,17,19-20,22,24-26H,6-16H2,1-3H3,(H,27,30)/b5-4-/t19-,20+,22?,24?/m1/s1. The highest BCUT2D eigenvalue weighted by Crippen LogP contribution is 2.39. The first kappa shape index (κ1) is 26.6. The van der Waals surface area contributed by atoms with Gasteiger partial charge in [0, 0.05) is 31.8 Å². The van der Waals surface area contributed by atoms with Crippen molar-refractivity contribution >= 4 is 17.5 Å². The molecule has 0 aromatic rings. The summed E-state index contributed by atoms with van der Waals surface area (Å²) in [6.45, 7) is 7.16. The Hall–Kier alpha value is -1.61. The molecule has 0 radical (unpaired) electrons. The molecule has 0 spiro atoms. The van der Waals surface area contributed by atoms with Crippen LogP contribution in [-0.2, 0) is 24.0 Å². The minimum Gasteiger partial charge on any atom is -0.342 e. The average Bonchev–Trinajstić information content (AvgIpc) is 2.74. The van der Waals surface area contributed by atoms with Gasteiger partial charge >= 0.3 is 5.91 Å². The third-order valence-electron chi connectivity index (χ3n) is 6.20. The molecule has 0 bridgehead atoms. The van der Waals surface area contributed by atoms with Crippen LogP contribution in [0.3, 0.4) is 0 Å². The summed E-state index contributed by atoms with van der Waals surface area (Å²) in [7, 11) is 0. The predicted octanol–water partition coefficient (Wildman–Crippen LogP) is 2.84. The maximum Gasteiger partial charge on any atom is 0.310 e. The van der Waals surface area contributed by atoms with Crippen molar-refractivity contribution in [2.75, 3.05) is 19.7 Å². The molecular formula is C24H41N3O5. The van der Waals surface area contributed by atoms with Crippen LogP contribution in [0.1, 0.15) is 72.1 Å². The maximum absolute atomic E-state index is 13.1. The minimum absolute atomic E-state index is 0.0317. The molecular weight excluding hydrogens is 410 g/mol. The number of carbonyl (C=O) groups is 3. The van der Waals surface area contributed by atoms with E-state index in [1.54, 1.807) is 0 Å². The zero-order chi connectivity index (χ0) is 23.3. The molecule has 2 aliphatic heterocycles. The van der Waals surface area contributed by atoms with Gasteiger partial charge in [-0.2, -0.15) is 0 Å². The number of hydrogen-bond donors (Lipinski definition) is 3. The van der Waals surface area contributed by atoms with E-state index in [2.05, 4.69) is 42.3 Å². The van der Waals surface area contributed by atoms with E-state index >= 15 is 0 Å². The van der Waals surface area contributed by atoms with Gasteiger partial charge in [0.1, 0.15) is 6.61 Å². The third-order valence-corrected chi connectivity index (χ3v) is 6.20. The molecule has 0 aromatic carbocycles. The number of allylic oxidation sites excluding steroid dienone is 2. The largest absolute Gasteiger partial charge is 0.342 e. The zero-order valence-corrected chi connectivity index (χ0v) is 19.9. The second kappa shape index (κ2) is 14.5. The van der Waals surface area contributed by atoms with Crippen molar-refractivity contribution in [2.45, 2.75) is 78.4 Å². The maximum atomic E-state index is 13.1. The van der Waals surface area contributed by atoms with Crippen LogP contribution in [0, 0.1) is 23.7 Å². The fraction of sp³-hybridized carbons (Fsp3) is 0.792. The summed E-state index contributed by atoms with van der Waals surface area (Å²) in [5.41, 5.74) is 8.75. The molecule has 4 atom stereocenters. The summed E-state index contributed by atoms with van der Waals surface area (Å²) in [4.78, 5) is 41.6. The van der Waals surface area contributed by atoms with E-state index in [-0.39, 0.29) is 30.1 Å². The molecule has 2 heterocycles. The lowest BCUT2D eigenvalue weighted by atomic mass is 9.70. The number of amides is 1. The Balaban J connectivity index is 2.15. The summed E-state index contributed by atoms with van der Waals surface area (Å²) >= 11 is 0. The van der Waals surface area contributed by atoms with Gasteiger partial charge < -0.3 is 4.74 Å². The number of hydroxylamine groups is 1. The molecule has 8 nitrogen and oxygen atoms in total. The molecule has 0 aliphatic carbocycles. The minimum atomic E-state index is -0.811. The van der Waals surface area contributed by atoms with Crippen LogP contribution in [0.25, 0.3) is 0 Å². The normalized spacial score (nSPS) is 29.8. The van der Waals surface area contributed by atoms with Crippen LogP contribution in [0.4, 0.5) is 0 Å². The molecule has 0 aromatic heterocycles. The van der Waals surface area contributed by atoms with E-state index in [4.69, 9.17) is 9.57 Å². The van der Waals surface area contributed by atoms with Crippen molar-refractivity contribution in [1.82, 2.24) is 16.3 Å². The number of Topliss-reactive ketones (excluding diaryl/α,β-unsaturated/α-hetero) is 2. The molecule has 3 N–H and O–H groups in total. The second-order valence-electron chi connectivity index (χ2n) is 9.37. The molecule has 2 rings (SSSR count). The third kappa shape index (κ3) is 9.10. The van der Waals surface area contributed by atoms with Crippen LogP contribution >= 0.6 is 0 Å². The van der Waals surface area contributed by atoms with Gasteiger partial charge in [-0.05, 0) is 63.2 Å². The number of carbonyl (C=O) groups excluding carboxylic acids is 3. The lowest BCUT2D eigenvalue weighted by Crippen LogP contribution is -2.50. The Morgan fingerprint density at radius 2 is 1.78 bits per heavy atom. The fourth-order valence-corrected chi connectivity index (χ4v) is 4.69. The topological polar surface area (TPSA) is 106 Å². The van der Waals surface area contributed by atoms with Crippen LogP contribution in [0.2, 0.25) is 0 Å². The Morgan fingerprint density at radius 1 is 1.12 bits per heavy atom. The zero-order valence-electron chi connectivity index (χ0n) is 19.9. The molecule has 2 aliphatic rings. The summed E-state index contributed by atoms with van der Waals surface area (Å²) in [5, 5.41) is 0. The highest BCUT2D eigenvalue weighted by molar-refractivity contribution is 6.34. The van der Waals surface area contributed by atoms with Crippen molar-refractivity contribution in [2.24, 2.45) is 23.7 Å².